The molecule has 68 valence electrons. The van der Waals surface area contributed by atoms with Gasteiger partial charge in [0, 0.05) is 12.3 Å². The minimum atomic E-state index is 0.552. The van der Waals surface area contributed by atoms with E-state index in [9.17, 15) is 0 Å². The van der Waals surface area contributed by atoms with Crippen molar-refractivity contribution in [2.45, 2.75) is 19.2 Å². The van der Waals surface area contributed by atoms with Gasteiger partial charge in [0.2, 0.25) is 0 Å². The van der Waals surface area contributed by atoms with Crippen molar-refractivity contribution in [1.82, 2.24) is 9.97 Å². The van der Waals surface area contributed by atoms with Crippen molar-refractivity contribution in [2.24, 2.45) is 0 Å². The number of halogens is 1. The van der Waals surface area contributed by atoms with Gasteiger partial charge >= 0.3 is 0 Å². The van der Waals surface area contributed by atoms with Crippen LogP contribution in [-0.4, -0.2) is 9.97 Å². The largest absolute Gasteiger partial charge is 0.342 e. The second-order valence-corrected chi connectivity index (χ2v) is 3.29. The van der Waals surface area contributed by atoms with Gasteiger partial charge in [0.1, 0.15) is 5.82 Å². The molecule has 1 aromatic heterocycles. The molecule has 2 nitrogen and oxygen atoms in total. The van der Waals surface area contributed by atoms with E-state index in [2.05, 4.69) is 23.0 Å². The predicted molar refractivity (Wildman–Crippen MR) is 55.0 cm³/mol. The van der Waals surface area contributed by atoms with E-state index in [-0.39, 0.29) is 0 Å². The molecular weight excluding hydrogens is 184 g/mol. The Labute approximate surface area is 81.9 Å². The molecule has 0 spiro atoms. The minimum absolute atomic E-state index is 0.552. The molecule has 0 aliphatic carbocycles. The van der Waals surface area contributed by atoms with Crippen LogP contribution >= 0.6 is 11.6 Å². The number of aryl methyl sites for hydroxylation is 1. The van der Waals surface area contributed by atoms with Crippen molar-refractivity contribution < 1.29 is 0 Å². The van der Waals surface area contributed by atoms with Gasteiger partial charge in [0.05, 0.1) is 11.0 Å². The van der Waals surface area contributed by atoms with Crippen LogP contribution in [0.1, 0.15) is 18.3 Å². The third-order valence-electron chi connectivity index (χ3n) is 2.08. The summed E-state index contributed by atoms with van der Waals surface area (Å²) >= 11 is 5.73. The van der Waals surface area contributed by atoms with Gasteiger partial charge < -0.3 is 4.98 Å². The predicted octanol–water partition coefficient (Wildman–Crippen LogP) is 2.86. The number of H-pyrrole nitrogens is 1. The molecule has 0 saturated heterocycles. The van der Waals surface area contributed by atoms with Crippen LogP contribution in [0.25, 0.3) is 11.0 Å². The summed E-state index contributed by atoms with van der Waals surface area (Å²) in [6.45, 7) is 2.08. The first-order valence-electron chi connectivity index (χ1n) is 4.37. The fraction of sp³-hybridized carbons (Fsp3) is 0.300. The summed E-state index contributed by atoms with van der Waals surface area (Å²) in [5.41, 5.74) is 3.22. The fourth-order valence-corrected chi connectivity index (χ4v) is 1.53. The second kappa shape index (κ2) is 3.38. The SMILES string of the molecule is CCc1nc2ccc(CCl)cc2[nH]1. The van der Waals surface area contributed by atoms with Crippen LogP contribution in [0.4, 0.5) is 0 Å². The number of hydrogen-bond donors (Lipinski definition) is 1. The number of rotatable bonds is 2. The number of aromatic nitrogens is 2. The number of aromatic amines is 1. The van der Waals surface area contributed by atoms with E-state index in [1.54, 1.807) is 0 Å². The number of fused-ring (bicyclic) bond motifs is 1. The van der Waals surface area contributed by atoms with Gasteiger partial charge in [-0.1, -0.05) is 13.0 Å². The Hall–Kier alpha value is -1.02. The van der Waals surface area contributed by atoms with E-state index in [1.807, 2.05) is 12.1 Å². The molecule has 3 heteroatoms. The number of hydrogen-bond acceptors (Lipinski definition) is 1. The molecule has 0 amide bonds. The molecular formula is C10H11ClN2. The Morgan fingerprint density at radius 2 is 2.31 bits per heavy atom. The lowest BCUT2D eigenvalue weighted by Gasteiger charge is -1.92. The van der Waals surface area contributed by atoms with E-state index in [1.165, 1.54) is 0 Å². The number of nitrogens with zero attached hydrogens (tertiary/aromatic N) is 1. The van der Waals surface area contributed by atoms with Gasteiger partial charge in [-0.25, -0.2) is 4.98 Å². The van der Waals surface area contributed by atoms with Crippen LogP contribution in [0.5, 0.6) is 0 Å². The van der Waals surface area contributed by atoms with Crippen molar-refractivity contribution >= 4 is 22.6 Å². The van der Waals surface area contributed by atoms with Crippen molar-refractivity contribution in [3.05, 3.63) is 29.6 Å². The fourth-order valence-electron chi connectivity index (χ4n) is 1.36. The molecule has 13 heavy (non-hydrogen) atoms. The quantitative estimate of drug-likeness (QED) is 0.732. The van der Waals surface area contributed by atoms with Crippen molar-refractivity contribution in [3.63, 3.8) is 0 Å². The molecule has 1 aromatic carbocycles. The third kappa shape index (κ3) is 1.54. The lowest BCUT2D eigenvalue weighted by atomic mass is 10.2. The normalized spacial score (nSPS) is 10.9. The highest BCUT2D eigenvalue weighted by molar-refractivity contribution is 6.17. The molecule has 2 aromatic rings. The van der Waals surface area contributed by atoms with E-state index in [0.29, 0.717) is 5.88 Å². The van der Waals surface area contributed by atoms with Crippen molar-refractivity contribution in [2.75, 3.05) is 0 Å². The highest BCUT2D eigenvalue weighted by atomic mass is 35.5. The summed E-state index contributed by atoms with van der Waals surface area (Å²) in [6, 6.07) is 6.06. The van der Waals surface area contributed by atoms with Crippen LogP contribution in [0, 0.1) is 0 Å². The monoisotopic (exact) mass is 194 g/mol. The van der Waals surface area contributed by atoms with Gasteiger partial charge in [-0.3, -0.25) is 0 Å². The van der Waals surface area contributed by atoms with Gasteiger partial charge in [-0.15, -0.1) is 11.6 Å². The molecule has 0 atom stereocenters. The lowest BCUT2D eigenvalue weighted by molar-refractivity contribution is 1.00. The first-order valence-corrected chi connectivity index (χ1v) is 4.90. The lowest BCUT2D eigenvalue weighted by Crippen LogP contribution is -1.79. The first kappa shape index (κ1) is 8.57. The molecule has 0 bridgehead atoms. The summed E-state index contributed by atoms with van der Waals surface area (Å²) in [6.07, 6.45) is 0.935. The van der Waals surface area contributed by atoms with E-state index in [4.69, 9.17) is 11.6 Å². The summed E-state index contributed by atoms with van der Waals surface area (Å²) in [5, 5.41) is 0. The van der Waals surface area contributed by atoms with Crippen LogP contribution in [0.2, 0.25) is 0 Å². The van der Waals surface area contributed by atoms with Gasteiger partial charge in [0.25, 0.3) is 0 Å². The van der Waals surface area contributed by atoms with Crippen LogP contribution < -0.4 is 0 Å². The Kier molecular flexibility index (Phi) is 2.23. The first-order chi connectivity index (χ1) is 6.33. The Morgan fingerprint density at radius 3 is 3.00 bits per heavy atom. The Morgan fingerprint density at radius 1 is 1.46 bits per heavy atom. The van der Waals surface area contributed by atoms with Crippen LogP contribution in [-0.2, 0) is 12.3 Å². The van der Waals surface area contributed by atoms with E-state index < -0.39 is 0 Å². The molecule has 0 fully saturated rings. The number of nitrogens with one attached hydrogen (secondary N) is 1. The summed E-state index contributed by atoms with van der Waals surface area (Å²) in [7, 11) is 0. The topological polar surface area (TPSA) is 28.7 Å². The molecule has 2 rings (SSSR count). The maximum atomic E-state index is 5.73. The summed E-state index contributed by atoms with van der Waals surface area (Å²) in [5.74, 6) is 1.58. The van der Waals surface area contributed by atoms with Crippen LogP contribution in [0.15, 0.2) is 18.2 Å². The van der Waals surface area contributed by atoms with Gasteiger partial charge in [-0.05, 0) is 17.7 Å². The second-order valence-electron chi connectivity index (χ2n) is 3.02. The van der Waals surface area contributed by atoms with Crippen molar-refractivity contribution in [1.29, 1.82) is 0 Å². The Balaban J connectivity index is 2.57. The van der Waals surface area contributed by atoms with Gasteiger partial charge in [-0.2, -0.15) is 0 Å². The molecule has 0 radical (unpaired) electrons. The molecule has 1 heterocycles. The smallest absolute Gasteiger partial charge is 0.106 e. The third-order valence-corrected chi connectivity index (χ3v) is 2.39. The zero-order chi connectivity index (χ0) is 9.26. The van der Waals surface area contributed by atoms with Gasteiger partial charge in [0.15, 0.2) is 0 Å². The highest BCUT2D eigenvalue weighted by Crippen LogP contribution is 2.15. The zero-order valence-electron chi connectivity index (χ0n) is 7.47. The molecule has 0 saturated carbocycles. The maximum Gasteiger partial charge on any atom is 0.106 e. The van der Waals surface area contributed by atoms with Crippen LogP contribution in [0.3, 0.4) is 0 Å². The number of alkyl halides is 1. The molecule has 0 unspecified atom stereocenters. The average molecular weight is 195 g/mol. The highest BCUT2D eigenvalue weighted by Gasteiger charge is 2.00. The van der Waals surface area contributed by atoms with E-state index in [0.717, 1.165) is 28.8 Å². The Bertz CT molecular complexity index is 418. The molecule has 0 aliphatic heterocycles. The average Bonchev–Trinajstić information content (AvgIpc) is 2.58. The number of imidazole rings is 1. The van der Waals surface area contributed by atoms with E-state index >= 15 is 0 Å². The maximum absolute atomic E-state index is 5.73. The van der Waals surface area contributed by atoms with Crippen molar-refractivity contribution in [3.8, 4) is 0 Å². The summed E-state index contributed by atoms with van der Waals surface area (Å²) < 4.78 is 0. The minimum Gasteiger partial charge on any atom is -0.342 e. The summed E-state index contributed by atoms with van der Waals surface area (Å²) in [4.78, 5) is 7.66. The number of benzene rings is 1. The molecule has 0 aliphatic rings. The zero-order valence-corrected chi connectivity index (χ0v) is 8.23. The standard InChI is InChI=1S/C10H11ClN2/c1-2-10-12-8-4-3-7(6-11)5-9(8)13-10/h3-5H,2,6H2,1H3,(H,12,13). The molecule has 1 N–H and O–H groups in total.